The SMILES string of the molecule is CCCOc1ncc(S(=O)(=O)N2CCN(CC)CC2)cc1C(=O)OC. The van der Waals surface area contributed by atoms with E-state index in [0.717, 1.165) is 13.0 Å². The maximum atomic E-state index is 12.8. The average Bonchev–Trinajstić information content (AvgIpc) is 2.65. The molecule has 1 saturated heterocycles. The minimum Gasteiger partial charge on any atom is -0.477 e. The Balaban J connectivity index is 2.30. The molecule has 0 aromatic carbocycles. The molecule has 0 unspecified atom stereocenters. The van der Waals surface area contributed by atoms with E-state index in [1.807, 2.05) is 13.8 Å². The standard InChI is InChI=1S/C16H25N3O5S/c1-4-10-24-15-14(16(20)23-3)11-13(12-17-15)25(21,22)19-8-6-18(5-2)7-9-19/h11-12H,4-10H2,1-3H3. The van der Waals surface area contributed by atoms with Crippen molar-refractivity contribution in [3.05, 3.63) is 17.8 Å². The molecular formula is C16H25N3O5S. The molecule has 2 rings (SSSR count). The van der Waals surface area contributed by atoms with E-state index in [9.17, 15) is 13.2 Å². The molecule has 25 heavy (non-hydrogen) atoms. The van der Waals surface area contributed by atoms with Gasteiger partial charge in [0.05, 0.1) is 19.9 Å². The van der Waals surface area contributed by atoms with Crippen molar-refractivity contribution in [2.75, 3.05) is 46.4 Å². The second-order valence-electron chi connectivity index (χ2n) is 5.70. The van der Waals surface area contributed by atoms with Crippen LogP contribution in [0.3, 0.4) is 0 Å². The number of aromatic nitrogens is 1. The number of esters is 1. The van der Waals surface area contributed by atoms with E-state index in [4.69, 9.17) is 9.47 Å². The van der Waals surface area contributed by atoms with Crippen LogP contribution in [0.2, 0.25) is 0 Å². The number of carbonyl (C=O) groups is 1. The lowest BCUT2D eigenvalue weighted by Gasteiger charge is -2.33. The van der Waals surface area contributed by atoms with Gasteiger partial charge in [0.1, 0.15) is 10.5 Å². The molecule has 1 aliphatic rings. The summed E-state index contributed by atoms with van der Waals surface area (Å²) in [7, 11) is -2.48. The van der Waals surface area contributed by atoms with Crippen molar-refractivity contribution in [1.29, 1.82) is 0 Å². The number of carbonyl (C=O) groups excluding carboxylic acids is 1. The van der Waals surface area contributed by atoms with E-state index in [-0.39, 0.29) is 16.3 Å². The van der Waals surface area contributed by atoms with E-state index >= 15 is 0 Å². The molecule has 0 N–H and O–H groups in total. The van der Waals surface area contributed by atoms with Crippen molar-refractivity contribution >= 4 is 16.0 Å². The number of sulfonamides is 1. The maximum Gasteiger partial charge on any atom is 0.343 e. The Morgan fingerprint density at radius 1 is 1.24 bits per heavy atom. The summed E-state index contributed by atoms with van der Waals surface area (Å²) in [5.74, 6) is -0.588. The summed E-state index contributed by atoms with van der Waals surface area (Å²) in [4.78, 5) is 18.2. The fraction of sp³-hybridized carbons (Fsp3) is 0.625. The van der Waals surface area contributed by atoms with Gasteiger partial charge in [0.2, 0.25) is 15.9 Å². The Morgan fingerprint density at radius 3 is 2.48 bits per heavy atom. The highest BCUT2D eigenvalue weighted by molar-refractivity contribution is 7.89. The van der Waals surface area contributed by atoms with Gasteiger partial charge in [0.25, 0.3) is 0 Å². The van der Waals surface area contributed by atoms with E-state index in [1.165, 1.54) is 23.7 Å². The van der Waals surface area contributed by atoms with Gasteiger partial charge in [-0.2, -0.15) is 4.31 Å². The van der Waals surface area contributed by atoms with Crippen molar-refractivity contribution in [2.24, 2.45) is 0 Å². The van der Waals surface area contributed by atoms with Crippen LogP contribution in [0, 0.1) is 0 Å². The molecule has 8 nitrogen and oxygen atoms in total. The van der Waals surface area contributed by atoms with Gasteiger partial charge in [-0.05, 0) is 19.0 Å². The molecule has 2 heterocycles. The summed E-state index contributed by atoms with van der Waals surface area (Å²) >= 11 is 0. The lowest BCUT2D eigenvalue weighted by molar-refractivity contribution is 0.0594. The first kappa shape index (κ1) is 19.6. The topological polar surface area (TPSA) is 89.0 Å². The summed E-state index contributed by atoms with van der Waals surface area (Å²) in [6.07, 6.45) is 1.98. The zero-order valence-electron chi connectivity index (χ0n) is 14.9. The third kappa shape index (κ3) is 4.47. The number of hydrogen-bond donors (Lipinski definition) is 0. The highest BCUT2D eigenvalue weighted by atomic mass is 32.2. The second kappa shape index (κ2) is 8.59. The molecule has 0 bridgehead atoms. The highest BCUT2D eigenvalue weighted by Gasteiger charge is 2.30. The summed E-state index contributed by atoms with van der Waals surface area (Å²) in [6.45, 7) is 7.44. The highest BCUT2D eigenvalue weighted by Crippen LogP contribution is 2.24. The Labute approximate surface area is 148 Å². The minimum absolute atomic E-state index is 0.0178. The third-order valence-electron chi connectivity index (χ3n) is 4.09. The number of pyridine rings is 1. The van der Waals surface area contributed by atoms with Gasteiger partial charge < -0.3 is 14.4 Å². The van der Waals surface area contributed by atoms with Crippen molar-refractivity contribution in [1.82, 2.24) is 14.2 Å². The van der Waals surface area contributed by atoms with Crippen LogP contribution in [0.4, 0.5) is 0 Å². The zero-order valence-corrected chi connectivity index (χ0v) is 15.7. The number of nitrogens with zero attached hydrogens (tertiary/aromatic N) is 3. The first-order valence-corrected chi connectivity index (χ1v) is 9.81. The molecule has 1 aromatic heterocycles. The van der Waals surface area contributed by atoms with E-state index in [2.05, 4.69) is 9.88 Å². The normalized spacial score (nSPS) is 16.6. The maximum absolute atomic E-state index is 12.8. The molecule has 0 aliphatic carbocycles. The number of likely N-dealkylation sites (N-methyl/N-ethyl adjacent to an activating group) is 1. The number of ether oxygens (including phenoxy) is 2. The molecule has 0 atom stereocenters. The van der Waals surface area contributed by atoms with Crippen molar-refractivity contribution in [3.8, 4) is 5.88 Å². The average molecular weight is 371 g/mol. The molecule has 0 spiro atoms. The van der Waals surface area contributed by atoms with E-state index < -0.39 is 16.0 Å². The van der Waals surface area contributed by atoms with Gasteiger partial charge in [0.15, 0.2) is 0 Å². The number of methoxy groups -OCH3 is 1. The van der Waals surface area contributed by atoms with Crippen LogP contribution < -0.4 is 4.74 Å². The quantitative estimate of drug-likeness (QED) is 0.660. The predicted octanol–water partition coefficient (Wildman–Crippen LogP) is 0.983. The molecule has 0 radical (unpaired) electrons. The van der Waals surface area contributed by atoms with Gasteiger partial charge in [-0.1, -0.05) is 13.8 Å². The summed E-state index contributed by atoms with van der Waals surface area (Å²) in [5.41, 5.74) is 0.0178. The Bertz CT molecular complexity index is 700. The molecule has 1 aliphatic heterocycles. The van der Waals surface area contributed by atoms with Crippen molar-refractivity contribution in [2.45, 2.75) is 25.2 Å². The van der Waals surface area contributed by atoms with Gasteiger partial charge in [-0.3, -0.25) is 0 Å². The number of hydrogen-bond acceptors (Lipinski definition) is 7. The van der Waals surface area contributed by atoms with Gasteiger partial charge in [-0.15, -0.1) is 0 Å². The molecule has 1 fully saturated rings. The van der Waals surface area contributed by atoms with Crippen molar-refractivity contribution in [3.63, 3.8) is 0 Å². The van der Waals surface area contributed by atoms with Crippen LogP contribution in [0.5, 0.6) is 5.88 Å². The molecule has 0 saturated carbocycles. The Hall–Kier alpha value is -1.71. The molecule has 9 heteroatoms. The first-order valence-electron chi connectivity index (χ1n) is 8.37. The second-order valence-corrected chi connectivity index (χ2v) is 7.64. The summed E-state index contributed by atoms with van der Waals surface area (Å²) in [6, 6.07) is 1.28. The minimum atomic E-state index is -3.71. The van der Waals surface area contributed by atoms with Gasteiger partial charge in [0, 0.05) is 26.2 Å². The Morgan fingerprint density at radius 2 is 1.92 bits per heavy atom. The van der Waals surface area contributed by atoms with Crippen LogP contribution in [-0.2, 0) is 14.8 Å². The van der Waals surface area contributed by atoms with Crippen LogP contribution in [0.25, 0.3) is 0 Å². The lowest BCUT2D eigenvalue weighted by atomic mass is 10.3. The van der Waals surface area contributed by atoms with Crippen LogP contribution >= 0.6 is 0 Å². The van der Waals surface area contributed by atoms with Crippen molar-refractivity contribution < 1.29 is 22.7 Å². The monoisotopic (exact) mass is 371 g/mol. The molecule has 140 valence electrons. The van der Waals surface area contributed by atoms with E-state index in [1.54, 1.807) is 0 Å². The summed E-state index contributed by atoms with van der Waals surface area (Å²) in [5, 5.41) is 0. The molecule has 1 aromatic rings. The van der Waals surface area contributed by atoms with Crippen LogP contribution in [0.1, 0.15) is 30.6 Å². The molecule has 0 amide bonds. The fourth-order valence-electron chi connectivity index (χ4n) is 2.58. The molecular weight excluding hydrogens is 346 g/mol. The predicted molar refractivity (Wildman–Crippen MR) is 92.2 cm³/mol. The lowest BCUT2D eigenvalue weighted by Crippen LogP contribution is -2.48. The fourth-order valence-corrected chi connectivity index (χ4v) is 3.97. The van der Waals surface area contributed by atoms with E-state index in [0.29, 0.717) is 32.8 Å². The zero-order chi connectivity index (χ0) is 18.4. The van der Waals surface area contributed by atoms with Crippen LogP contribution in [-0.4, -0.2) is 75.0 Å². The smallest absolute Gasteiger partial charge is 0.343 e. The number of rotatable bonds is 7. The van der Waals surface area contributed by atoms with Crippen LogP contribution in [0.15, 0.2) is 17.2 Å². The largest absolute Gasteiger partial charge is 0.477 e. The first-order chi connectivity index (χ1) is 11.9. The Kier molecular flexibility index (Phi) is 6.74. The summed E-state index contributed by atoms with van der Waals surface area (Å²) < 4.78 is 37.3. The number of piperazine rings is 1. The third-order valence-corrected chi connectivity index (χ3v) is 5.95. The van der Waals surface area contributed by atoms with Gasteiger partial charge >= 0.3 is 5.97 Å². The van der Waals surface area contributed by atoms with Gasteiger partial charge in [-0.25, -0.2) is 18.2 Å².